The molecule has 2 aromatic rings. The fourth-order valence-electron chi connectivity index (χ4n) is 2.07. The monoisotopic (exact) mass is 431 g/mol. The van der Waals surface area contributed by atoms with Crippen molar-refractivity contribution >= 4 is 23.0 Å². The second kappa shape index (κ2) is 9.70. The maximum atomic E-state index is 12.2. The van der Waals surface area contributed by atoms with Crippen LogP contribution in [0.2, 0.25) is 0 Å². The topological polar surface area (TPSA) is 93.0 Å². The van der Waals surface area contributed by atoms with E-state index in [1.165, 1.54) is 18.3 Å². The molecular weight excluding hydrogens is 411 g/mol. The molecule has 158 valence electrons. The van der Waals surface area contributed by atoms with Gasteiger partial charge in [0.15, 0.2) is 5.75 Å². The molecule has 1 atom stereocenters. The van der Waals surface area contributed by atoms with Crippen LogP contribution in [0.5, 0.6) is 11.5 Å². The molecule has 1 amide bonds. The van der Waals surface area contributed by atoms with E-state index in [9.17, 15) is 23.1 Å². The molecule has 2 rings (SSSR count). The molecule has 0 spiro atoms. The van der Waals surface area contributed by atoms with Crippen molar-refractivity contribution in [3.8, 4) is 11.5 Å². The number of hydrogen-bond acceptors (Lipinski definition) is 7. The molecule has 0 radical (unpaired) electrons. The van der Waals surface area contributed by atoms with Gasteiger partial charge >= 0.3 is 6.36 Å². The number of ether oxygens (including phenoxy) is 1. The van der Waals surface area contributed by atoms with Crippen molar-refractivity contribution in [2.45, 2.75) is 33.2 Å². The predicted octanol–water partition coefficient (Wildman–Crippen LogP) is 3.59. The number of aliphatic hydroxyl groups is 1. The molecule has 1 heterocycles. The highest BCUT2D eigenvalue weighted by atomic mass is 32.1. The number of thiazole rings is 1. The third-order valence-corrected chi connectivity index (χ3v) is 4.81. The Labute approximate surface area is 169 Å². The molecule has 0 aliphatic heterocycles. The van der Waals surface area contributed by atoms with Crippen LogP contribution >= 0.6 is 11.3 Å². The van der Waals surface area contributed by atoms with Crippen molar-refractivity contribution in [3.63, 3.8) is 0 Å². The van der Waals surface area contributed by atoms with Crippen LogP contribution in [0.4, 0.5) is 13.2 Å². The molecule has 0 saturated carbocycles. The Balaban J connectivity index is 1.99. The number of rotatable bonds is 8. The highest BCUT2D eigenvalue weighted by Crippen LogP contribution is 2.25. The number of benzene rings is 1. The molecule has 7 nitrogen and oxygen atoms in total. The predicted molar refractivity (Wildman–Crippen MR) is 101 cm³/mol. The van der Waals surface area contributed by atoms with Crippen LogP contribution < -0.4 is 14.9 Å². The number of halogens is 3. The quantitative estimate of drug-likeness (QED) is 0.492. The van der Waals surface area contributed by atoms with Gasteiger partial charge in [0, 0.05) is 0 Å². The van der Waals surface area contributed by atoms with Crippen molar-refractivity contribution in [1.82, 2.24) is 10.3 Å². The summed E-state index contributed by atoms with van der Waals surface area (Å²) in [4.78, 5) is 21.9. The fourth-order valence-corrected chi connectivity index (χ4v) is 2.83. The van der Waals surface area contributed by atoms with Gasteiger partial charge in [-0.2, -0.15) is 0 Å². The molecule has 1 aromatic heterocycles. The maximum absolute atomic E-state index is 12.2. The SMILES string of the molecule is CC(=NOc1ccc(OC(F)(F)F)cc1)c1ncc(C(=O)N[C@@H](CO)C(C)C)s1. The number of nitrogens with one attached hydrogen (secondary N) is 1. The minimum Gasteiger partial charge on any atom is -0.406 e. The molecule has 0 saturated heterocycles. The lowest BCUT2D eigenvalue weighted by molar-refractivity contribution is -0.274. The normalized spacial score (nSPS) is 13.3. The number of alkyl halides is 3. The van der Waals surface area contributed by atoms with Gasteiger partial charge in [-0.15, -0.1) is 24.5 Å². The summed E-state index contributed by atoms with van der Waals surface area (Å²) in [6.45, 7) is 5.22. The third kappa shape index (κ3) is 7.02. The molecule has 0 unspecified atom stereocenters. The van der Waals surface area contributed by atoms with Crippen molar-refractivity contribution in [1.29, 1.82) is 0 Å². The van der Waals surface area contributed by atoms with Crippen molar-refractivity contribution in [2.75, 3.05) is 6.61 Å². The van der Waals surface area contributed by atoms with Gasteiger partial charge in [0.05, 0.1) is 18.8 Å². The van der Waals surface area contributed by atoms with Crippen molar-refractivity contribution in [3.05, 3.63) is 40.3 Å². The van der Waals surface area contributed by atoms with Gasteiger partial charge in [-0.05, 0) is 37.1 Å². The largest absolute Gasteiger partial charge is 0.573 e. The Hall–Kier alpha value is -2.66. The standard InChI is InChI=1S/C18H20F3N3O4S/c1-10(2)14(9-25)23-16(26)15-8-22-17(29-15)11(3)24-28-13-6-4-12(5-7-13)27-18(19,20)21/h4-8,10,14,25H,9H2,1-3H3,(H,23,26)/t14-/m0/s1. The first-order valence-electron chi connectivity index (χ1n) is 8.54. The summed E-state index contributed by atoms with van der Waals surface area (Å²) in [5, 5.41) is 16.4. The average molecular weight is 431 g/mol. The van der Waals surface area contributed by atoms with Crippen molar-refractivity contribution < 1.29 is 32.6 Å². The Morgan fingerprint density at radius 3 is 2.45 bits per heavy atom. The first kappa shape index (κ1) is 22.6. The molecule has 2 N–H and O–H groups in total. The second-order valence-electron chi connectivity index (χ2n) is 6.32. The van der Waals surface area contributed by atoms with Gasteiger partial charge in [0.2, 0.25) is 0 Å². The summed E-state index contributed by atoms with van der Waals surface area (Å²) in [6.07, 6.45) is -3.37. The minimum atomic E-state index is -4.77. The van der Waals surface area contributed by atoms with E-state index >= 15 is 0 Å². The summed E-state index contributed by atoms with van der Waals surface area (Å²) in [5.41, 5.74) is 0.382. The van der Waals surface area contributed by atoms with Crippen LogP contribution in [0.25, 0.3) is 0 Å². The number of aromatic nitrogens is 1. The van der Waals surface area contributed by atoms with E-state index in [0.29, 0.717) is 15.6 Å². The van der Waals surface area contributed by atoms with Gasteiger partial charge in [0.1, 0.15) is 21.3 Å². The van der Waals surface area contributed by atoms with E-state index in [-0.39, 0.29) is 36.0 Å². The molecule has 11 heteroatoms. The first-order valence-corrected chi connectivity index (χ1v) is 9.36. The van der Waals surface area contributed by atoms with Gasteiger partial charge < -0.3 is 20.0 Å². The van der Waals surface area contributed by atoms with E-state index in [2.05, 4.69) is 20.2 Å². The molecule has 1 aromatic carbocycles. The Morgan fingerprint density at radius 2 is 1.90 bits per heavy atom. The van der Waals surface area contributed by atoms with Crippen LogP contribution in [0, 0.1) is 5.92 Å². The van der Waals surface area contributed by atoms with Crippen LogP contribution in [-0.2, 0) is 0 Å². The lowest BCUT2D eigenvalue weighted by Crippen LogP contribution is -2.40. The maximum Gasteiger partial charge on any atom is 0.573 e. The van der Waals surface area contributed by atoms with Gasteiger partial charge in [-0.1, -0.05) is 19.0 Å². The smallest absolute Gasteiger partial charge is 0.406 e. The zero-order valence-corrected chi connectivity index (χ0v) is 16.7. The van der Waals surface area contributed by atoms with E-state index in [1.807, 2.05) is 13.8 Å². The number of amides is 1. The second-order valence-corrected chi connectivity index (χ2v) is 7.35. The summed E-state index contributed by atoms with van der Waals surface area (Å²) in [7, 11) is 0. The highest BCUT2D eigenvalue weighted by Gasteiger charge is 2.31. The van der Waals surface area contributed by atoms with E-state index in [4.69, 9.17) is 4.84 Å². The number of aliphatic hydroxyl groups excluding tert-OH is 1. The summed E-state index contributed by atoms with van der Waals surface area (Å²) < 4.78 is 40.2. The molecule has 0 fully saturated rings. The molecule has 0 aliphatic carbocycles. The number of oxime groups is 1. The number of hydrogen-bond donors (Lipinski definition) is 2. The van der Waals surface area contributed by atoms with Crippen LogP contribution in [0.15, 0.2) is 35.6 Å². The number of carbonyl (C=O) groups excluding carboxylic acids is 1. The summed E-state index contributed by atoms with van der Waals surface area (Å²) in [5.74, 6) is -0.448. The summed E-state index contributed by atoms with van der Waals surface area (Å²) in [6, 6.07) is 4.40. The molecule has 29 heavy (non-hydrogen) atoms. The van der Waals surface area contributed by atoms with Crippen LogP contribution in [0.1, 0.15) is 35.5 Å². The molecule has 0 bridgehead atoms. The van der Waals surface area contributed by atoms with E-state index in [0.717, 1.165) is 23.5 Å². The van der Waals surface area contributed by atoms with Gasteiger partial charge in [-0.3, -0.25) is 4.79 Å². The summed E-state index contributed by atoms with van der Waals surface area (Å²) >= 11 is 1.10. The fraction of sp³-hybridized carbons (Fsp3) is 0.389. The highest BCUT2D eigenvalue weighted by molar-refractivity contribution is 7.15. The van der Waals surface area contributed by atoms with Crippen molar-refractivity contribution in [2.24, 2.45) is 11.1 Å². The molecular formula is C18H20F3N3O4S. The van der Waals surface area contributed by atoms with Gasteiger partial charge in [0.25, 0.3) is 5.91 Å². The number of nitrogens with zero attached hydrogens (tertiary/aromatic N) is 2. The third-order valence-electron chi connectivity index (χ3n) is 3.70. The minimum absolute atomic E-state index is 0.0703. The average Bonchev–Trinajstić information content (AvgIpc) is 3.14. The Kier molecular flexibility index (Phi) is 7.57. The van der Waals surface area contributed by atoms with Crippen LogP contribution in [0.3, 0.4) is 0 Å². The Bertz CT molecular complexity index is 851. The zero-order chi connectivity index (χ0) is 21.6. The van der Waals surface area contributed by atoms with E-state index in [1.54, 1.807) is 6.92 Å². The Morgan fingerprint density at radius 1 is 1.28 bits per heavy atom. The molecule has 0 aliphatic rings. The lowest BCUT2D eigenvalue weighted by atomic mass is 10.1. The van der Waals surface area contributed by atoms with Crippen LogP contribution in [-0.4, -0.2) is 40.7 Å². The van der Waals surface area contributed by atoms with Gasteiger partial charge in [-0.25, -0.2) is 4.98 Å². The van der Waals surface area contributed by atoms with E-state index < -0.39 is 6.36 Å². The first-order chi connectivity index (χ1) is 13.6. The lowest BCUT2D eigenvalue weighted by Gasteiger charge is -2.19. The zero-order valence-electron chi connectivity index (χ0n) is 15.9. The number of carbonyl (C=O) groups is 1.